The van der Waals surface area contributed by atoms with E-state index in [2.05, 4.69) is 6.92 Å². The lowest BCUT2D eigenvalue weighted by Gasteiger charge is -2.25. The summed E-state index contributed by atoms with van der Waals surface area (Å²) in [5.74, 6) is -0.918. The van der Waals surface area contributed by atoms with E-state index < -0.39 is 90.8 Å². The van der Waals surface area contributed by atoms with E-state index in [0.717, 1.165) is 42.7 Å². The van der Waals surface area contributed by atoms with Crippen molar-refractivity contribution in [1.29, 1.82) is 0 Å². The highest BCUT2D eigenvalue weighted by Crippen LogP contribution is 2.45. The Morgan fingerprint density at radius 1 is 0.953 bits per heavy atom. The van der Waals surface area contributed by atoms with Gasteiger partial charge < -0.3 is 30.5 Å². The minimum absolute atomic E-state index is 0.414. The van der Waals surface area contributed by atoms with E-state index >= 15 is 4.39 Å². The normalized spacial score (nSPS) is 33.8. The zero-order valence-corrected chi connectivity index (χ0v) is 24.3. The smallest absolute Gasteiger partial charge is 0.330 e. The van der Waals surface area contributed by atoms with Gasteiger partial charge in [0.1, 0.15) is 12.2 Å². The van der Waals surface area contributed by atoms with E-state index in [-0.39, 0.29) is 0 Å². The Morgan fingerprint density at radius 3 is 1.77 bits per heavy atom. The molecule has 2 aliphatic heterocycles. The standard InChI is InChI=1S/C12H17FN2O3.C10H13FN2O5.C4H11N.CH4O/c1-4-8-7(2)12(3,13)10(18-8)15-6-5-9(16)14-11(15)17;1-10(11)7(16)5(4-14)18-8(10)13-3-2-6(15)12-9(13)17;1-2-3-4-5;1-2/h5-8,10H,4H2,1-3H3,(H,14,16,17);2-3,5,7-8,14,16H,4H2,1H3,(H,12,15,17);2-5H2,1H3;2H,1H3/t7-,8-,10-,12-;5-,7-,8-,10-;;/m11../s1/i3+1D3;1+1D3;;. The lowest BCUT2D eigenvalue weighted by atomic mass is 9.93. The summed E-state index contributed by atoms with van der Waals surface area (Å²) in [7, 11) is 1.00. The molecule has 0 unspecified atom stereocenters. The average Bonchev–Trinajstić information content (AvgIpc) is 3.45. The van der Waals surface area contributed by atoms with Gasteiger partial charge in [0.05, 0.1) is 12.7 Å². The molecule has 14 nitrogen and oxygen atoms in total. The Morgan fingerprint density at radius 2 is 1.42 bits per heavy atom. The number of nitrogens with two attached hydrogens (primary N) is 1. The van der Waals surface area contributed by atoms with E-state index in [1.165, 1.54) is 19.8 Å². The zero-order valence-electron chi connectivity index (χ0n) is 30.3. The molecule has 4 heterocycles. The van der Waals surface area contributed by atoms with E-state index in [4.69, 9.17) is 33.6 Å². The minimum atomic E-state index is -3.32. The fraction of sp³-hybridized carbons (Fsp3) is 0.704. The number of aliphatic hydroxyl groups is 3. The quantitative estimate of drug-likeness (QED) is 0.237. The van der Waals surface area contributed by atoms with Crippen LogP contribution in [-0.2, 0) is 9.47 Å². The van der Waals surface area contributed by atoms with Crippen molar-refractivity contribution >= 4 is 0 Å². The van der Waals surface area contributed by atoms with Crippen molar-refractivity contribution in [2.75, 3.05) is 20.3 Å². The van der Waals surface area contributed by atoms with Gasteiger partial charge in [0.15, 0.2) is 23.8 Å². The molecule has 16 heteroatoms. The Balaban J connectivity index is 0.000000412. The summed E-state index contributed by atoms with van der Waals surface area (Å²) in [6.07, 6.45) is -3.21. The van der Waals surface area contributed by atoms with Crippen LogP contribution in [0.5, 0.6) is 0 Å². The molecule has 7 N–H and O–H groups in total. The Hall–Kier alpha value is -3.02. The van der Waals surface area contributed by atoms with Gasteiger partial charge in [0.25, 0.3) is 11.1 Å². The Kier molecular flexibility index (Phi) is 11.2. The highest BCUT2D eigenvalue weighted by molar-refractivity contribution is 5.01. The Labute approximate surface area is 255 Å². The lowest BCUT2D eigenvalue weighted by Crippen LogP contribution is -2.43. The second kappa shape index (κ2) is 16.7. The fourth-order valence-corrected chi connectivity index (χ4v) is 4.19. The number of unbranched alkanes of at least 4 members (excludes halogenated alkanes) is 1. The molecule has 0 aromatic carbocycles. The molecule has 0 amide bonds. The highest BCUT2D eigenvalue weighted by Gasteiger charge is 2.55. The van der Waals surface area contributed by atoms with E-state index in [9.17, 15) is 28.7 Å². The summed E-state index contributed by atoms with van der Waals surface area (Å²) in [5.41, 5.74) is -4.29. The molecule has 0 bridgehead atoms. The summed E-state index contributed by atoms with van der Waals surface area (Å²) >= 11 is 0. The third kappa shape index (κ3) is 9.00. The maximum absolute atomic E-state index is 15.3. The molecule has 2 aromatic rings. The molecule has 0 saturated carbocycles. The summed E-state index contributed by atoms with van der Waals surface area (Å²) in [6.45, 7) is -0.940. The third-order valence-electron chi connectivity index (χ3n) is 6.68. The van der Waals surface area contributed by atoms with Crippen LogP contribution in [0.3, 0.4) is 0 Å². The first-order valence-corrected chi connectivity index (χ1v) is 13.4. The van der Waals surface area contributed by atoms with Gasteiger partial charge in [0, 0.05) is 45.8 Å². The molecule has 2 fully saturated rings. The van der Waals surface area contributed by atoms with Gasteiger partial charge in [-0.15, -0.1) is 0 Å². The van der Waals surface area contributed by atoms with Crippen molar-refractivity contribution in [3.05, 3.63) is 66.2 Å². The van der Waals surface area contributed by atoms with Gasteiger partial charge in [-0.2, -0.15) is 0 Å². The third-order valence-corrected chi connectivity index (χ3v) is 6.68. The van der Waals surface area contributed by atoms with Crippen LogP contribution >= 0.6 is 0 Å². The molecule has 43 heavy (non-hydrogen) atoms. The summed E-state index contributed by atoms with van der Waals surface area (Å²) in [4.78, 5) is 49.4. The van der Waals surface area contributed by atoms with Crippen LogP contribution in [0, 0.1) is 5.92 Å². The number of H-pyrrole nitrogens is 2. The number of ether oxygens (including phenoxy) is 2. The molecule has 0 aliphatic carbocycles. The zero-order chi connectivity index (χ0) is 38.1. The largest absolute Gasteiger partial charge is 0.400 e. The first-order valence-electron chi connectivity index (χ1n) is 16.4. The Bertz CT molecular complexity index is 1460. The SMILES string of the molecule is CCCCN.CO.[2H][13C]([2H])([2H])[C@@]1(F)[C@H](C)[C@@H](CC)O[C@H]1n1ccc(=O)[nH]c1=O.[2H][13C]([2H])([2H])[C@@]1(F)[C@H](O)[C@@H](CO)O[C@H]1n1ccc(=O)[nH]c1=O. The van der Waals surface area contributed by atoms with E-state index in [1.807, 2.05) is 9.97 Å². The first kappa shape index (κ1) is 28.7. The van der Waals surface area contributed by atoms with Crippen LogP contribution in [0.4, 0.5) is 8.78 Å². The number of rotatable bonds is 6. The van der Waals surface area contributed by atoms with Crippen LogP contribution in [0.25, 0.3) is 0 Å². The van der Waals surface area contributed by atoms with Crippen LogP contribution < -0.4 is 28.2 Å². The van der Waals surface area contributed by atoms with Gasteiger partial charge in [-0.25, -0.2) is 18.4 Å². The number of aromatic nitrogens is 4. The topological polar surface area (TPSA) is 215 Å². The van der Waals surface area contributed by atoms with Gasteiger partial charge in [-0.05, 0) is 33.1 Å². The second-order valence-corrected chi connectivity index (χ2v) is 9.59. The molecule has 2 aliphatic rings. The molecule has 8 atom stereocenters. The maximum atomic E-state index is 15.3. The van der Waals surface area contributed by atoms with Crippen molar-refractivity contribution < 1.29 is 41.8 Å². The fourth-order valence-electron chi connectivity index (χ4n) is 4.19. The van der Waals surface area contributed by atoms with Crippen LogP contribution in [-0.4, -0.2) is 84.3 Å². The number of aliphatic hydroxyl groups excluding tert-OH is 3. The number of hydrogen-bond acceptors (Lipinski definition) is 10. The summed E-state index contributed by atoms with van der Waals surface area (Å²) in [6, 6.07) is 1.90. The number of halogens is 2. The molecule has 4 rings (SSSR count). The monoisotopic (exact) mass is 629 g/mol. The van der Waals surface area contributed by atoms with E-state index in [0.29, 0.717) is 11.0 Å². The summed E-state index contributed by atoms with van der Waals surface area (Å²) in [5, 5.41) is 25.8. The number of alkyl halides is 2. The molecule has 0 spiro atoms. The number of aromatic amines is 2. The molecule has 0 radical (unpaired) electrons. The summed E-state index contributed by atoms with van der Waals surface area (Å²) < 4.78 is 86.4. The second-order valence-electron chi connectivity index (χ2n) is 9.59. The average molecular weight is 630 g/mol. The van der Waals surface area contributed by atoms with Crippen molar-refractivity contribution in [2.45, 2.75) is 95.8 Å². The lowest BCUT2D eigenvalue weighted by molar-refractivity contribution is -0.0611. The van der Waals surface area contributed by atoms with Crippen LogP contribution in [0.15, 0.2) is 43.7 Å². The molecule has 2 aromatic heterocycles. The number of nitrogens with one attached hydrogen (secondary N) is 2. The predicted octanol–water partition coefficient (Wildman–Crippen LogP) is 0.0774. The van der Waals surface area contributed by atoms with Crippen LogP contribution in [0.1, 0.15) is 74.4 Å². The van der Waals surface area contributed by atoms with Crippen molar-refractivity contribution in [1.82, 2.24) is 19.1 Å². The van der Waals surface area contributed by atoms with Crippen molar-refractivity contribution in [3.8, 4) is 0 Å². The van der Waals surface area contributed by atoms with Gasteiger partial charge in [0.2, 0.25) is 0 Å². The molecule has 246 valence electrons. The minimum Gasteiger partial charge on any atom is -0.400 e. The van der Waals surface area contributed by atoms with Gasteiger partial charge >= 0.3 is 11.4 Å². The predicted molar refractivity (Wildman–Crippen MR) is 154 cm³/mol. The van der Waals surface area contributed by atoms with Crippen molar-refractivity contribution in [2.24, 2.45) is 11.7 Å². The number of nitrogens with zero attached hydrogens (tertiary/aromatic N) is 2. The molecule has 2 saturated heterocycles. The first-order chi connectivity index (χ1) is 22.7. The van der Waals surface area contributed by atoms with Crippen LogP contribution in [0.2, 0.25) is 0 Å². The molecular formula is C27H45F2N5O9. The van der Waals surface area contributed by atoms with Crippen molar-refractivity contribution in [3.63, 3.8) is 0 Å². The molecular weight excluding hydrogens is 578 g/mol. The highest BCUT2D eigenvalue weighted by atomic mass is 19.1. The number of hydrogen-bond donors (Lipinski definition) is 6. The van der Waals surface area contributed by atoms with Gasteiger partial charge in [-0.3, -0.25) is 28.7 Å². The maximum Gasteiger partial charge on any atom is 0.330 e. The van der Waals surface area contributed by atoms with Gasteiger partial charge in [-0.1, -0.05) is 27.2 Å². The van der Waals surface area contributed by atoms with E-state index in [1.54, 1.807) is 6.92 Å².